The van der Waals surface area contributed by atoms with Crippen LogP contribution in [0.5, 0.6) is 0 Å². The van der Waals surface area contributed by atoms with Gasteiger partial charge in [0.25, 0.3) is 0 Å². The average molecular weight is 361 g/mol. The van der Waals surface area contributed by atoms with Gasteiger partial charge >= 0.3 is 0 Å². The minimum atomic E-state index is 0.756. The Morgan fingerprint density at radius 1 is 1.31 bits per heavy atom. The van der Waals surface area contributed by atoms with E-state index in [9.17, 15) is 0 Å². The fourth-order valence-electron chi connectivity index (χ4n) is 3.36. The first-order valence-electron chi connectivity index (χ1n) is 9.68. The number of nitrogens with one attached hydrogen (secondary N) is 1. The summed E-state index contributed by atoms with van der Waals surface area (Å²) in [4.78, 5) is 9.64. The number of aliphatic imine (C=N–C) groups is 1. The lowest BCUT2D eigenvalue weighted by molar-refractivity contribution is 0.153. The highest BCUT2D eigenvalue weighted by Crippen LogP contribution is 2.12. The summed E-state index contributed by atoms with van der Waals surface area (Å²) in [6.07, 6.45) is 4.28. The molecule has 0 atom stereocenters. The Kier molecular flexibility index (Phi) is 7.08. The quantitative estimate of drug-likeness (QED) is 0.473. The molecule has 7 heteroatoms. The largest absolute Gasteiger partial charge is 0.377 e. The van der Waals surface area contributed by atoms with E-state index in [1.165, 1.54) is 5.57 Å². The zero-order chi connectivity index (χ0) is 18.2. The molecule has 1 fully saturated rings. The summed E-state index contributed by atoms with van der Waals surface area (Å²) >= 11 is 0. The minimum absolute atomic E-state index is 0.756. The van der Waals surface area contributed by atoms with Gasteiger partial charge in [-0.1, -0.05) is 16.8 Å². The van der Waals surface area contributed by atoms with E-state index >= 15 is 0 Å². The van der Waals surface area contributed by atoms with E-state index in [1.54, 1.807) is 0 Å². The van der Waals surface area contributed by atoms with Crippen LogP contribution in [-0.4, -0.2) is 73.4 Å². The second kappa shape index (κ2) is 9.73. The maximum Gasteiger partial charge on any atom is 0.194 e. The Morgan fingerprint density at radius 2 is 2.15 bits per heavy atom. The van der Waals surface area contributed by atoms with Crippen molar-refractivity contribution in [3.8, 4) is 0 Å². The predicted molar refractivity (Wildman–Crippen MR) is 102 cm³/mol. The molecule has 0 aliphatic carbocycles. The number of ether oxygens (including phenoxy) is 1. The highest BCUT2D eigenvalue weighted by atomic mass is 16.5. The first-order valence-corrected chi connectivity index (χ1v) is 9.68. The first kappa shape index (κ1) is 18.9. The van der Waals surface area contributed by atoms with Crippen LogP contribution in [0.15, 0.2) is 27.2 Å². The molecule has 26 heavy (non-hydrogen) atoms. The van der Waals surface area contributed by atoms with Crippen molar-refractivity contribution in [2.75, 3.05) is 52.5 Å². The second-order valence-corrected chi connectivity index (χ2v) is 6.87. The zero-order valence-corrected chi connectivity index (χ0v) is 16.0. The molecule has 0 unspecified atom stereocenters. The lowest BCUT2D eigenvalue weighted by Crippen LogP contribution is -2.52. The lowest BCUT2D eigenvalue weighted by Gasteiger charge is -2.36. The van der Waals surface area contributed by atoms with Gasteiger partial charge in [0, 0.05) is 51.9 Å². The summed E-state index contributed by atoms with van der Waals surface area (Å²) in [5.41, 5.74) is 2.49. The summed E-state index contributed by atoms with van der Waals surface area (Å²) in [6.45, 7) is 12.3. The van der Waals surface area contributed by atoms with E-state index in [4.69, 9.17) is 14.3 Å². The second-order valence-electron chi connectivity index (χ2n) is 6.87. The summed E-state index contributed by atoms with van der Waals surface area (Å²) < 4.78 is 10.5. The molecule has 7 nitrogen and oxygen atoms in total. The number of aryl methyl sites for hydroxylation is 1. The van der Waals surface area contributed by atoms with Gasteiger partial charge in [0.1, 0.15) is 5.76 Å². The molecule has 144 valence electrons. The van der Waals surface area contributed by atoms with Gasteiger partial charge in [-0.15, -0.1) is 0 Å². The number of hydrogen-bond acceptors (Lipinski definition) is 5. The zero-order valence-electron chi connectivity index (χ0n) is 16.0. The van der Waals surface area contributed by atoms with E-state index in [1.807, 2.05) is 13.0 Å². The Balaban J connectivity index is 1.47. The van der Waals surface area contributed by atoms with E-state index in [2.05, 4.69) is 33.3 Å². The van der Waals surface area contributed by atoms with E-state index in [0.29, 0.717) is 0 Å². The van der Waals surface area contributed by atoms with Crippen molar-refractivity contribution in [1.82, 2.24) is 20.3 Å². The van der Waals surface area contributed by atoms with Crippen LogP contribution in [0.4, 0.5) is 0 Å². The lowest BCUT2D eigenvalue weighted by atomic mass is 10.1. The molecule has 2 aliphatic rings. The molecule has 1 N–H and O–H groups in total. The SMILES string of the molecule is CCNC(=NCCC1=CCOCC1)N1CCN(Cc2cc(C)on2)CC1. The molecule has 3 heterocycles. The van der Waals surface area contributed by atoms with Crippen LogP contribution in [0.1, 0.15) is 31.2 Å². The number of hydrogen-bond donors (Lipinski definition) is 1. The smallest absolute Gasteiger partial charge is 0.194 e. The van der Waals surface area contributed by atoms with Gasteiger partial charge in [-0.05, 0) is 26.7 Å². The summed E-state index contributed by atoms with van der Waals surface area (Å²) in [6, 6.07) is 2.02. The van der Waals surface area contributed by atoms with Crippen molar-refractivity contribution in [2.24, 2.45) is 4.99 Å². The van der Waals surface area contributed by atoms with Crippen molar-refractivity contribution in [2.45, 2.75) is 33.2 Å². The molecule has 0 saturated carbocycles. The van der Waals surface area contributed by atoms with Crippen molar-refractivity contribution in [3.05, 3.63) is 29.2 Å². The van der Waals surface area contributed by atoms with Crippen molar-refractivity contribution in [3.63, 3.8) is 0 Å². The van der Waals surface area contributed by atoms with Crippen molar-refractivity contribution in [1.29, 1.82) is 0 Å². The average Bonchev–Trinajstić information content (AvgIpc) is 3.07. The van der Waals surface area contributed by atoms with Crippen LogP contribution < -0.4 is 5.32 Å². The highest BCUT2D eigenvalue weighted by Gasteiger charge is 2.20. The molecule has 0 bridgehead atoms. The van der Waals surface area contributed by atoms with Gasteiger partial charge in [0.15, 0.2) is 5.96 Å². The molecule has 0 amide bonds. The molecule has 1 aromatic rings. The fraction of sp³-hybridized carbons (Fsp3) is 0.684. The van der Waals surface area contributed by atoms with Gasteiger partial charge in [-0.2, -0.15) is 0 Å². The van der Waals surface area contributed by atoms with Gasteiger partial charge < -0.3 is 19.5 Å². The summed E-state index contributed by atoms with van der Waals surface area (Å²) in [5, 5.41) is 7.54. The summed E-state index contributed by atoms with van der Waals surface area (Å²) in [5.74, 6) is 1.91. The predicted octanol–water partition coefficient (Wildman–Crippen LogP) is 1.80. The Bertz CT molecular complexity index is 617. The monoisotopic (exact) mass is 361 g/mol. The van der Waals surface area contributed by atoms with E-state index in [-0.39, 0.29) is 0 Å². The topological polar surface area (TPSA) is 66.1 Å². The van der Waals surface area contributed by atoms with E-state index < -0.39 is 0 Å². The fourth-order valence-corrected chi connectivity index (χ4v) is 3.36. The van der Waals surface area contributed by atoms with Gasteiger partial charge in [-0.25, -0.2) is 0 Å². The van der Waals surface area contributed by atoms with Crippen molar-refractivity contribution < 1.29 is 9.26 Å². The molecular formula is C19H31N5O2. The van der Waals surface area contributed by atoms with Crippen LogP contribution in [0.2, 0.25) is 0 Å². The molecule has 3 rings (SSSR count). The standard InChI is InChI=1S/C19H31N5O2/c1-3-20-19(21-7-4-17-5-12-25-13-6-17)24-10-8-23(9-11-24)15-18-14-16(2)26-22-18/h5,14H,3-4,6-13,15H2,1-2H3,(H,20,21). The Hall–Kier alpha value is -1.86. The highest BCUT2D eigenvalue weighted by molar-refractivity contribution is 5.80. The molecule has 0 spiro atoms. The van der Waals surface area contributed by atoms with Crippen LogP contribution in [-0.2, 0) is 11.3 Å². The molecule has 0 radical (unpaired) electrons. The van der Waals surface area contributed by atoms with Crippen molar-refractivity contribution >= 4 is 5.96 Å². The Morgan fingerprint density at radius 3 is 2.81 bits per heavy atom. The van der Waals surface area contributed by atoms with Crippen LogP contribution in [0.3, 0.4) is 0 Å². The minimum Gasteiger partial charge on any atom is -0.377 e. The van der Waals surface area contributed by atoms with Gasteiger partial charge in [0.05, 0.1) is 18.9 Å². The summed E-state index contributed by atoms with van der Waals surface area (Å²) in [7, 11) is 0. The van der Waals surface area contributed by atoms with E-state index in [0.717, 1.165) is 89.3 Å². The normalized spacial score (nSPS) is 19.5. The third kappa shape index (κ3) is 5.57. The van der Waals surface area contributed by atoms with Gasteiger partial charge in [0.2, 0.25) is 0 Å². The molecule has 1 aromatic heterocycles. The number of nitrogens with zero attached hydrogens (tertiary/aromatic N) is 4. The maximum atomic E-state index is 5.37. The third-order valence-corrected chi connectivity index (χ3v) is 4.82. The Labute approximate surface area is 156 Å². The number of piperazine rings is 1. The third-order valence-electron chi connectivity index (χ3n) is 4.82. The van der Waals surface area contributed by atoms with Crippen LogP contribution in [0.25, 0.3) is 0 Å². The number of aromatic nitrogens is 1. The van der Waals surface area contributed by atoms with Crippen LogP contribution >= 0.6 is 0 Å². The number of rotatable bonds is 6. The van der Waals surface area contributed by atoms with Gasteiger partial charge in [-0.3, -0.25) is 9.89 Å². The molecular weight excluding hydrogens is 330 g/mol. The molecule has 0 aromatic carbocycles. The molecule has 2 aliphatic heterocycles. The molecule has 1 saturated heterocycles. The number of guanidine groups is 1. The first-order chi connectivity index (χ1) is 12.7. The van der Waals surface area contributed by atoms with Crippen LogP contribution in [0, 0.1) is 6.92 Å². The maximum absolute atomic E-state index is 5.37.